The quantitative estimate of drug-likeness (QED) is 0.166. The van der Waals surface area contributed by atoms with Crippen molar-refractivity contribution in [3.05, 3.63) is 35.4 Å². The van der Waals surface area contributed by atoms with Crippen LogP contribution in [0.25, 0.3) is 0 Å². The molecule has 3 heteroatoms. The summed E-state index contributed by atoms with van der Waals surface area (Å²) in [6, 6.07) is 7.16. The van der Waals surface area contributed by atoms with E-state index in [4.69, 9.17) is 0 Å². The van der Waals surface area contributed by atoms with Crippen LogP contribution in [0.4, 0.5) is 0 Å². The Balaban J connectivity index is 2.05. The summed E-state index contributed by atoms with van der Waals surface area (Å²) in [4.78, 5) is 23.6. The van der Waals surface area contributed by atoms with E-state index in [-0.39, 0.29) is 5.78 Å². The number of aliphatic carboxylic acids is 1. The predicted molar refractivity (Wildman–Crippen MR) is 131 cm³/mol. The van der Waals surface area contributed by atoms with Crippen molar-refractivity contribution in [2.75, 3.05) is 0 Å². The van der Waals surface area contributed by atoms with Crippen LogP contribution in [0.1, 0.15) is 145 Å². The van der Waals surface area contributed by atoms with Gasteiger partial charge in [-0.25, -0.2) is 0 Å². The Kier molecular flexibility index (Phi) is 15.9. The molecule has 0 saturated heterocycles. The lowest BCUT2D eigenvalue weighted by molar-refractivity contribution is -0.139. The number of Topliss-reactive ketones (excluding diaryl/α,β-unsaturated/α-hetero) is 1. The largest absolute Gasteiger partial charge is 0.481 e. The van der Waals surface area contributed by atoms with E-state index in [1.165, 1.54) is 96.8 Å². The summed E-state index contributed by atoms with van der Waals surface area (Å²) in [6.45, 7) is 3.78. The standard InChI is InChI=1S/C28H46O3/c1-3-4-5-6-7-8-9-10-11-12-13-14-15-16-17-18-23-27(28(30)31)26-22-20-19-21-25(26)24(2)29/h19-22,27H,3-18,23H2,1-2H3,(H,30,31). The van der Waals surface area contributed by atoms with E-state index in [1.54, 1.807) is 18.2 Å². The molecule has 0 bridgehead atoms. The molecule has 1 aromatic rings. The maximum atomic E-state index is 11.8. The average molecular weight is 431 g/mol. The molecule has 0 amide bonds. The Labute approximate surface area is 191 Å². The molecule has 1 N–H and O–H groups in total. The first-order valence-electron chi connectivity index (χ1n) is 12.9. The number of carboxylic acid groups (broad SMARTS) is 1. The zero-order valence-corrected chi connectivity index (χ0v) is 20.2. The Hall–Kier alpha value is -1.64. The van der Waals surface area contributed by atoms with Crippen LogP contribution in [0.3, 0.4) is 0 Å². The first-order valence-corrected chi connectivity index (χ1v) is 12.9. The van der Waals surface area contributed by atoms with Gasteiger partial charge >= 0.3 is 5.97 Å². The fraction of sp³-hybridized carbons (Fsp3) is 0.714. The van der Waals surface area contributed by atoms with Crippen molar-refractivity contribution in [3.63, 3.8) is 0 Å². The van der Waals surface area contributed by atoms with Crippen molar-refractivity contribution in [2.45, 2.75) is 129 Å². The average Bonchev–Trinajstić information content (AvgIpc) is 2.75. The van der Waals surface area contributed by atoms with Crippen molar-refractivity contribution in [2.24, 2.45) is 0 Å². The van der Waals surface area contributed by atoms with Crippen molar-refractivity contribution in [1.29, 1.82) is 0 Å². The second kappa shape index (κ2) is 18.0. The molecular formula is C28H46O3. The number of benzene rings is 1. The Bertz CT molecular complexity index is 608. The highest BCUT2D eigenvalue weighted by Gasteiger charge is 2.23. The molecule has 0 radical (unpaired) electrons. The van der Waals surface area contributed by atoms with Crippen molar-refractivity contribution >= 4 is 11.8 Å². The summed E-state index contributed by atoms with van der Waals surface area (Å²) in [6.07, 6.45) is 21.6. The molecule has 0 spiro atoms. The molecule has 0 aliphatic carbocycles. The highest BCUT2D eigenvalue weighted by Crippen LogP contribution is 2.27. The van der Waals surface area contributed by atoms with Gasteiger partial charge in [-0.1, -0.05) is 134 Å². The minimum atomic E-state index is -0.824. The van der Waals surface area contributed by atoms with Crippen LogP contribution < -0.4 is 0 Å². The predicted octanol–water partition coefficient (Wildman–Crippen LogP) is 8.71. The van der Waals surface area contributed by atoms with Gasteiger partial charge in [0.05, 0.1) is 5.92 Å². The van der Waals surface area contributed by atoms with Crippen molar-refractivity contribution in [1.82, 2.24) is 0 Å². The van der Waals surface area contributed by atoms with Gasteiger partial charge in [-0.15, -0.1) is 0 Å². The van der Waals surface area contributed by atoms with Gasteiger partial charge in [-0.2, -0.15) is 0 Å². The third-order valence-electron chi connectivity index (χ3n) is 6.36. The minimum Gasteiger partial charge on any atom is -0.481 e. The minimum absolute atomic E-state index is 0.0613. The number of carboxylic acids is 1. The molecule has 0 aromatic heterocycles. The Morgan fingerprint density at radius 2 is 1.13 bits per heavy atom. The second-order valence-corrected chi connectivity index (χ2v) is 9.13. The highest BCUT2D eigenvalue weighted by molar-refractivity contribution is 5.97. The molecule has 176 valence electrons. The van der Waals surface area contributed by atoms with Crippen LogP contribution in [-0.2, 0) is 4.79 Å². The molecule has 0 fully saturated rings. The molecule has 31 heavy (non-hydrogen) atoms. The highest BCUT2D eigenvalue weighted by atomic mass is 16.4. The Morgan fingerprint density at radius 1 is 0.710 bits per heavy atom. The van der Waals surface area contributed by atoms with Gasteiger partial charge in [0.15, 0.2) is 5.78 Å². The SMILES string of the molecule is CCCCCCCCCCCCCCCCCCC(C(=O)O)c1ccccc1C(C)=O. The van der Waals surface area contributed by atoms with E-state index in [0.29, 0.717) is 17.5 Å². The Morgan fingerprint density at radius 3 is 1.55 bits per heavy atom. The van der Waals surface area contributed by atoms with E-state index >= 15 is 0 Å². The fourth-order valence-electron chi connectivity index (χ4n) is 4.43. The monoisotopic (exact) mass is 430 g/mol. The summed E-state index contributed by atoms with van der Waals surface area (Å²) < 4.78 is 0. The summed E-state index contributed by atoms with van der Waals surface area (Å²) >= 11 is 0. The van der Waals surface area contributed by atoms with Crippen LogP contribution >= 0.6 is 0 Å². The number of ketones is 1. The summed E-state index contributed by atoms with van der Waals surface area (Å²) in [7, 11) is 0. The van der Waals surface area contributed by atoms with Gasteiger partial charge in [-0.3, -0.25) is 9.59 Å². The van der Waals surface area contributed by atoms with E-state index in [1.807, 2.05) is 6.07 Å². The molecule has 1 rings (SSSR count). The van der Waals surface area contributed by atoms with Gasteiger partial charge in [-0.05, 0) is 18.9 Å². The molecule has 0 saturated carbocycles. The lowest BCUT2D eigenvalue weighted by Crippen LogP contribution is -2.15. The number of hydrogen-bond donors (Lipinski definition) is 1. The van der Waals surface area contributed by atoms with E-state index in [2.05, 4.69) is 6.92 Å². The van der Waals surface area contributed by atoms with Crippen LogP contribution in [-0.4, -0.2) is 16.9 Å². The fourth-order valence-corrected chi connectivity index (χ4v) is 4.43. The molecule has 1 atom stereocenters. The zero-order valence-electron chi connectivity index (χ0n) is 20.2. The third-order valence-corrected chi connectivity index (χ3v) is 6.36. The maximum Gasteiger partial charge on any atom is 0.310 e. The first kappa shape index (κ1) is 27.4. The summed E-state index contributed by atoms with van der Waals surface area (Å²) in [5.74, 6) is -1.46. The van der Waals surface area contributed by atoms with Crippen LogP contribution in [0.5, 0.6) is 0 Å². The van der Waals surface area contributed by atoms with Gasteiger partial charge in [0, 0.05) is 5.56 Å². The molecule has 0 heterocycles. The molecule has 0 aliphatic rings. The lowest BCUT2D eigenvalue weighted by Gasteiger charge is -2.15. The summed E-state index contributed by atoms with van der Waals surface area (Å²) in [5.41, 5.74) is 1.22. The van der Waals surface area contributed by atoms with Crippen molar-refractivity contribution in [3.8, 4) is 0 Å². The number of rotatable bonds is 20. The van der Waals surface area contributed by atoms with Gasteiger partial charge < -0.3 is 5.11 Å². The topological polar surface area (TPSA) is 54.4 Å². The smallest absolute Gasteiger partial charge is 0.310 e. The van der Waals surface area contributed by atoms with Crippen LogP contribution in [0.15, 0.2) is 24.3 Å². The van der Waals surface area contributed by atoms with Crippen LogP contribution in [0, 0.1) is 0 Å². The molecular weight excluding hydrogens is 384 g/mol. The maximum absolute atomic E-state index is 11.8. The van der Waals surface area contributed by atoms with Crippen LogP contribution in [0.2, 0.25) is 0 Å². The lowest BCUT2D eigenvalue weighted by atomic mass is 9.88. The van der Waals surface area contributed by atoms with Gasteiger partial charge in [0.2, 0.25) is 0 Å². The number of carbonyl (C=O) groups is 2. The van der Waals surface area contributed by atoms with E-state index in [0.717, 1.165) is 12.8 Å². The van der Waals surface area contributed by atoms with Gasteiger partial charge in [0.25, 0.3) is 0 Å². The molecule has 1 unspecified atom stereocenters. The normalized spacial score (nSPS) is 12.1. The van der Waals surface area contributed by atoms with Crippen molar-refractivity contribution < 1.29 is 14.7 Å². The first-order chi connectivity index (χ1) is 15.1. The van der Waals surface area contributed by atoms with Gasteiger partial charge in [0.1, 0.15) is 0 Å². The number of hydrogen-bond acceptors (Lipinski definition) is 2. The van der Waals surface area contributed by atoms with E-state index in [9.17, 15) is 14.7 Å². The number of carbonyl (C=O) groups excluding carboxylic acids is 1. The third kappa shape index (κ3) is 12.7. The summed E-state index contributed by atoms with van der Waals surface area (Å²) in [5, 5.41) is 9.65. The molecule has 3 nitrogen and oxygen atoms in total. The zero-order chi connectivity index (χ0) is 22.7. The second-order valence-electron chi connectivity index (χ2n) is 9.13. The molecule has 1 aromatic carbocycles. The van der Waals surface area contributed by atoms with E-state index < -0.39 is 11.9 Å². The molecule has 0 aliphatic heterocycles. The number of unbranched alkanes of at least 4 members (excludes halogenated alkanes) is 15.